The lowest BCUT2D eigenvalue weighted by molar-refractivity contribution is -0.137. The van der Waals surface area contributed by atoms with Crippen molar-refractivity contribution in [2.45, 2.75) is 12.3 Å². The normalized spacial score (nSPS) is 12.4. The summed E-state index contributed by atoms with van der Waals surface area (Å²) in [4.78, 5) is 10.6. The van der Waals surface area contributed by atoms with Crippen molar-refractivity contribution in [3.63, 3.8) is 0 Å². The molecule has 0 aromatic heterocycles. The smallest absolute Gasteiger partial charge is 0.304 e. The van der Waals surface area contributed by atoms with E-state index in [-0.39, 0.29) is 24.6 Å². The zero-order valence-electron chi connectivity index (χ0n) is 7.98. The van der Waals surface area contributed by atoms with Crippen LogP contribution in [0.15, 0.2) is 22.7 Å². The maximum absolute atomic E-state index is 10.6. The van der Waals surface area contributed by atoms with Crippen molar-refractivity contribution in [1.29, 1.82) is 0 Å². The quantitative estimate of drug-likeness (QED) is 0.779. The van der Waals surface area contributed by atoms with Crippen LogP contribution in [0.5, 0.6) is 5.75 Å². The van der Waals surface area contributed by atoms with Crippen LogP contribution in [0.1, 0.15) is 17.9 Å². The van der Waals surface area contributed by atoms with E-state index in [4.69, 9.17) is 10.8 Å². The molecule has 0 saturated carbocycles. The van der Waals surface area contributed by atoms with Crippen LogP contribution in [-0.2, 0) is 4.79 Å². The number of aromatic hydroxyl groups is 1. The summed E-state index contributed by atoms with van der Waals surface area (Å²) in [7, 11) is 0. The Morgan fingerprint density at radius 1 is 1.53 bits per heavy atom. The highest BCUT2D eigenvalue weighted by Crippen LogP contribution is 2.28. The Morgan fingerprint density at radius 2 is 2.20 bits per heavy atom. The van der Waals surface area contributed by atoms with Crippen molar-refractivity contribution >= 4 is 21.9 Å². The minimum Gasteiger partial charge on any atom is -0.507 e. The van der Waals surface area contributed by atoms with Gasteiger partial charge in [0.25, 0.3) is 0 Å². The number of hydrogen-bond acceptors (Lipinski definition) is 3. The second kappa shape index (κ2) is 5.14. The second-order valence-corrected chi connectivity index (χ2v) is 4.10. The van der Waals surface area contributed by atoms with E-state index < -0.39 is 5.97 Å². The van der Waals surface area contributed by atoms with E-state index in [1.165, 1.54) is 6.07 Å². The number of rotatable bonds is 4. The van der Waals surface area contributed by atoms with E-state index in [1.807, 2.05) is 0 Å². The lowest BCUT2D eigenvalue weighted by Gasteiger charge is -2.13. The fourth-order valence-electron chi connectivity index (χ4n) is 1.33. The fraction of sp³-hybridized carbons (Fsp3) is 0.300. The molecule has 0 aliphatic carbocycles. The van der Waals surface area contributed by atoms with Gasteiger partial charge in [-0.1, -0.05) is 6.07 Å². The van der Waals surface area contributed by atoms with Crippen LogP contribution in [0, 0.1) is 0 Å². The summed E-state index contributed by atoms with van der Waals surface area (Å²) in [5, 5.41) is 18.1. The standard InChI is InChI=1S/C10H12BrNO3/c11-8-2-1-6(3-9(8)13)7(5-12)4-10(14)15/h1-3,7,13H,4-5,12H2,(H,14,15). The van der Waals surface area contributed by atoms with Crippen LogP contribution in [0.3, 0.4) is 0 Å². The molecule has 0 bridgehead atoms. The first-order valence-electron chi connectivity index (χ1n) is 4.45. The number of hydrogen-bond donors (Lipinski definition) is 3. The van der Waals surface area contributed by atoms with Gasteiger partial charge in [-0.2, -0.15) is 0 Å². The molecule has 5 heteroatoms. The summed E-state index contributed by atoms with van der Waals surface area (Å²) >= 11 is 3.15. The van der Waals surface area contributed by atoms with E-state index in [2.05, 4.69) is 15.9 Å². The zero-order valence-corrected chi connectivity index (χ0v) is 9.57. The lowest BCUT2D eigenvalue weighted by Crippen LogP contribution is -2.16. The molecule has 1 aromatic carbocycles. The largest absolute Gasteiger partial charge is 0.507 e. The maximum Gasteiger partial charge on any atom is 0.304 e. The van der Waals surface area contributed by atoms with Gasteiger partial charge in [0, 0.05) is 5.92 Å². The monoisotopic (exact) mass is 273 g/mol. The number of carboxylic acids is 1. The average Bonchev–Trinajstić information content (AvgIpc) is 2.18. The summed E-state index contributed by atoms with van der Waals surface area (Å²) in [6.07, 6.45) is -0.0302. The number of phenols is 1. The van der Waals surface area contributed by atoms with E-state index >= 15 is 0 Å². The predicted molar refractivity (Wildman–Crippen MR) is 59.9 cm³/mol. The maximum atomic E-state index is 10.6. The first-order chi connectivity index (χ1) is 7.04. The molecule has 1 atom stereocenters. The van der Waals surface area contributed by atoms with Crippen LogP contribution < -0.4 is 5.73 Å². The highest BCUT2D eigenvalue weighted by molar-refractivity contribution is 9.10. The molecular formula is C10H12BrNO3. The van der Waals surface area contributed by atoms with Crippen molar-refractivity contribution in [3.05, 3.63) is 28.2 Å². The molecule has 0 heterocycles. The number of phenolic OH excluding ortho intramolecular Hbond substituents is 1. The summed E-state index contributed by atoms with van der Waals surface area (Å²) in [6, 6.07) is 4.96. The molecular weight excluding hydrogens is 262 g/mol. The van der Waals surface area contributed by atoms with Crippen molar-refractivity contribution < 1.29 is 15.0 Å². The summed E-state index contributed by atoms with van der Waals surface area (Å²) in [5.41, 5.74) is 6.22. The van der Waals surface area contributed by atoms with Gasteiger partial charge < -0.3 is 15.9 Å². The highest BCUT2D eigenvalue weighted by atomic mass is 79.9. The van der Waals surface area contributed by atoms with Crippen LogP contribution >= 0.6 is 15.9 Å². The van der Waals surface area contributed by atoms with Crippen LogP contribution in [0.25, 0.3) is 0 Å². The number of aliphatic carboxylic acids is 1. The topological polar surface area (TPSA) is 83.6 Å². The van der Waals surface area contributed by atoms with Crippen molar-refractivity contribution in [2.75, 3.05) is 6.54 Å². The number of halogens is 1. The van der Waals surface area contributed by atoms with Gasteiger partial charge >= 0.3 is 5.97 Å². The van der Waals surface area contributed by atoms with Crippen LogP contribution in [0.4, 0.5) is 0 Å². The minimum absolute atomic E-state index is 0.0302. The number of nitrogens with two attached hydrogens (primary N) is 1. The molecule has 0 saturated heterocycles. The molecule has 1 aromatic rings. The fourth-order valence-corrected chi connectivity index (χ4v) is 1.58. The molecule has 0 fully saturated rings. The zero-order chi connectivity index (χ0) is 11.4. The average molecular weight is 274 g/mol. The Labute approximate surface area is 95.8 Å². The van der Waals surface area contributed by atoms with Crippen molar-refractivity contribution in [2.24, 2.45) is 5.73 Å². The number of carboxylic acid groups (broad SMARTS) is 1. The number of benzene rings is 1. The third-order valence-electron chi connectivity index (χ3n) is 2.15. The van der Waals surface area contributed by atoms with Gasteiger partial charge in [-0.05, 0) is 40.2 Å². The van der Waals surface area contributed by atoms with Gasteiger partial charge in [0.05, 0.1) is 10.9 Å². The summed E-state index contributed by atoms with van der Waals surface area (Å²) in [6.45, 7) is 0.243. The Hall–Kier alpha value is -1.07. The van der Waals surface area contributed by atoms with Gasteiger partial charge in [-0.25, -0.2) is 0 Å². The Morgan fingerprint density at radius 3 is 2.67 bits per heavy atom. The molecule has 4 N–H and O–H groups in total. The summed E-state index contributed by atoms with van der Waals surface area (Å²) < 4.78 is 0.581. The molecule has 0 spiro atoms. The number of carbonyl (C=O) groups is 1. The SMILES string of the molecule is NCC(CC(=O)O)c1ccc(Br)c(O)c1. The molecule has 0 radical (unpaired) electrons. The van der Waals surface area contributed by atoms with E-state index in [1.54, 1.807) is 12.1 Å². The first-order valence-corrected chi connectivity index (χ1v) is 5.24. The Bertz CT molecular complexity index is 368. The lowest BCUT2D eigenvalue weighted by atomic mass is 9.96. The molecule has 1 rings (SSSR count). The molecule has 1 unspecified atom stereocenters. The Kier molecular flexibility index (Phi) is 4.11. The van der Waals surface area contributed by atoms with Crippen molar-refractivity contribution in [3.8, 4) is 5.75 Å². The molecule has 0 aliphatic heterocycles. The second-order valence-electron chi connectivity index (χ2n) is 3.24. The Balaban J connectivity index is 2.92. The molecule has 15 heavy (non-hydrogen) atoms. The first kappa shape index (κ1) is 12.0. The van der Waals surface area contributed by atoms with Crippen LogP contribution in [-0.4, -0.2) is 22.7 Å². The minimum atomic E-state index is -0.896. The van der Waals surface area contributed by atoms with E-state index in [0.29, 0.717) is 4.47 Å². The molecule has 82 valence electrons. The van der Waals surface area contributed by atoms with Gasteiger partial charge in [0.1, 0.15) is 5.75 Å². The molecule has 0 amide bonds. The highest BCUT2D eigenvalue weighted by Gasteiger charge is 2.14. The predicted octanol–water partition coefficient (Wildman–Crippen LogP) is 1.67. The van der Waals surface area contributed by atoms with Gasteiger partial charge in [0.15, 0.2) is 0 Å². The third-order valence-corrected chi connectivity index (χ3v) is 2.82. The van der Waals surface area contributed by atoms with Crippen molar-refractivity contribution in [1.82, 2.24) is 0 Å². The van der Waals surface area contributed by atoms with E-state index in [0.717, 1.165) is 5.56 Å². The molecule has 4 nitrogen and oxygen atoms in total. The third kappa shape index (κ3) is 3.21. The van der Waals surface area contributed by atoms with Crippen LogP contribution in [0.2, 0.25) is 0 Å². The van der Waals surface area contributed by atoms with Gasteiger partial charge in [-0.15, -0.1) is 0 Å². The van der Waals surface area contributed by atoms with Gasteiger partial charge in [-0.3, -0.25) is 4.79 Å². The van der Waals surface area contributed by atoms with Gasteiger partial charge in [0.2, 0.25) is 0 Å². The molecule has 0 aliphatic rings. The summed E-state index contributed by atoms with van der Waals surface area (Å²) in [5.74, 6) is -1.06. The van der Waals surface area contributed by atoms with E-state index in [9.17, 15) is 9.90 Å².